The lowest BCUT2D eigenvalue weighted by molar-refractivity contribution is 0.590. The summed E-state index contributed by atoms with van der Waals surface area (Å²) in [4.78, 5) is 15.5. The summed E-state index contributed by atoms with van der Waals surface area (Å²) in [7, 11) is 0. The van der Waals surface area contributed by atoms with Crippen LogP contribution in [-0.4, -0.2) is 21.2 Å². The number of hydrogen-bond acceptors (Lipinski definition) is 4. The Morgan fingerprint density at radius 1 is 0.321 bits per heavy atom. The molecule has 0 spiro atoms. The monoisotopic (exact) mass is 1080 g/mol. The van der Waals surface area contributed by atoms with E-state index in [4.69, 9.17) is 9.97 Å². The quantitative estimate of drug-likeness (QED) is 0.142. The van der Waals surface area contributed by atoms with E-state index < -0.39 is 0 Å². The zero-order valence-electron chi connectivity index (χ0n) is 48.2. The molecular formula is C78H62BN5. The van der Waals surface area contributed by atoms with Gasteiger partial charge in [0.25, 0.3) is 6.71 Å². The third-order valence-corrected chi connectivity index (χ3v) is 17.3. The van der Waals surface area contributed by atoms with Crippen LogP contribution in [0.25, 0.3) is 83.6 Å². The molecule has 0 saturated heterocycles. The van der Waals surface area contributed by atoms with Crippen molar-refractivity contribution in [2.75, 3.05) is 9.80 Å². The molecule has 5 nitrogen and oxygen atoms in total. The Kier molecular flexibility index (Phi) is 12.0. The van der Waals surface area contributed by atoms with Crippen molar-refractivity contribution < 1.29 is 0 Å². The van der Waals surface area contributed by atoms with E-state index in [9.17, 15) is 0 Å². The van der Waals surface area contributed by atoms with Gasteiger partial charge in [-0.1, -0.05) is 217 Å². The molecule has 13 aromatic rings. The Morgan fingerprint density at radius 3 is 1.27 bits per heavy atom. The van der Waals surface area contributed by atoms with E-state index in [-0.39, 0.29) is 17.5 Å². The highest BCUT2D eigenvalue weighted by atomic mass is 15.2. The Balaban J connectivity index is 0.955. The molecule has 2 aromatic heterocycles. The molecule has 2 aliphatic rings. The first-order valence-corrected chi connectivity index (χ1v) is 29.3. The lowest BCUT2D eigenvalue weighted by atomic mass is 9.33. The smallest absolute Gasteiger partial charge is 0.252 e. The number of aromatic nitrogens is 3. The summed E-state index contributed by atoms with van der Waals surface area (Å²) in [6.45, 7) is 13.9. The molecule has 0 fully saturated rings. The molecule has 0 bridgehead atoms. The minimum atomic E-state index is -0.0281. The minimum Gasteiger partial charge on any atom is -0.311 e. The van der Waals surface area contributed by atoms with Gasteiger partial charge in [-0.25, -0.2) is 9.97 Å². The molecule has 11 aromatic carbocycles. The topological polar surface area (TPSA) is 37.2 Å². The van der Waals surface area contributed by atoms with Crippen LogP contribution < -0.4 is 26.2 Å². The van der Waals surface area contributed by atoms with Crippen molar-refractivity contribution in [1.29, 1.82) is 0 Å². The van der Waals surface area contributed by atoms with E-state index in [1.807, 2.05) is 6.07 Å². The number of benzene rings is 11. The van der Waals surface area contributed by atoms with Gasteiger partial charge in [0.2, 0.25) is 0 Å². The Bertz CT molecular complexity index is 4430. The molecule has 0 aliphatic carbocycles. The molecule has 0 N–H and O–H groups in total. The molecule has 2 aliphatic heterocycles. The highest BCUT2D eigenvalue weighted by molar-refractivity contribution is 7.00. The molecule has 0 atom stereocenters. The van der Waals surface area contributed by atoms with Gasteiger partial charge in [-0.3, -0.25) is 0 Å². The van der Waals surface area contributed by atoms with Gasteiger partial charge >= 0.3 is 0 Å². The molecule has 0 unspecified atom stereocenters. The lowest BCUT2D eigenvalue weighted by Crippen LogP contribution is -2.61. The lowest BCUT2D eigenvalue weighted by Gasteiger charge is -2.44. The molecule has 0 saturated carbocycles. The summed E-state index contributed by atoms with van der Waals surface area (Å²) in [5.74, 6) is 0.688. The van der Waals surface area contributed by atoms with Gasteiger partial charge in [0.05, 0.1) is 28.1 Å². The number of anilines is 6. The van der Waals surface area contributed by atoms with Crippen LogP contribution in [0, 0.1) is 0 Å². The van der Waals surface area contributed by atoms with Crippen LogP contribution >= 0.6 is 0 Å². The zero-order chi connectivity index (χ0) is 56.8. The summed E-state index contributed by atoms with van der Waals surface area (Å²) in [5, 5.41) is 2.50. The molecule has 6 heteroatoms. The number of hydrogen-bond donors (Lipinski definition) is 0. The number of nitrogens with zero attached hydrogens (tertiary/aromatic N) is 5. The molecule has 0 amide bonds. The summed E-state index contributed by atoms with van der Waals surface area (Å²) in [6, 6.07) is 98.0. The van der Waals surface area contributed by atoms with Gasteiger partial charge in [0, 0.05) is 67.2 Å². The predicted molar refractivity (Wildman–Crippen MR) is 355 cm³/mol. The van der Waals surface area contributed by atoms with Crippen molar-refractivity contribution >= 4 is 79.0 Å². The first-order valence-electron chi connectivity index (χ1n) is 29.3. The Labute approximate surface area is 492 Å². The Hall–Kier alpha value is -10.0. The minimum absolute atomic E-state index is 0.0281. The molecular weight excluding hydrogens is 1020 g/mol. The Morgan fingerprint density at radius 2 is 0.762 bits per heavy atom. The van der Waals surface area contributed by atoms with Gasteiger partial charge in [0.15, 0.2) is 5.82 Å². The van der Waals surface area contributed by atoms with Gasteiger partial charge in [0.1, 0.15) is 0 Å². The van der Waals surface area contributed by atoms with Crippen LogP contribution in [0.15, 0.2) is 267 Å². The highest BCUT2D eigenvalue weighted by Crippen LogP contribution is 2.47. The van der Waals surface area contributed by atoms with E-state index >= 15 is 0 Å². The van der Waals surface area contributed by atoms with Crippen molar-refractivity contribution in [2.24, 2.45) is 0 Å². The third-order valence-electron chi connectivity index (χ3n) is 17.3. The standard InChI is InChI=1S/C78H62BN5/c1-77(2,3)57-40-43-69-62(48-57)63-49-58(78(4,5)6)41-44-70(63)84(69)68-42-39-55(67-50-66(53-23-11-7-12-24-53)80-76(81-67)54-25-13-8-14-26-54)45-61(68)52-37-35-51(36-38-52)56-46-73-75-74(47-56)83(60-29-17-10-18-30-60)72-34-22-20-32-65(72)79(75)64-31-19-21-33-71(64)82(73)59-27-15-9-16-28-59/h7-50H,1-6H3. The predicted octanol–water partition coefficient (Wildman–Crippen LogP) is 18.6. The second kappa shape index (κ2) is 19.9. The van der Waals surface area contributed by atoms with Crippen LogP contribution in [-0.2, 0) is 10.8 Å². The highest BCUT2D eigenvalue weighted by Gasteiger charge is 2.43. The average molecular weight is 1080 g/mol. The fourth-order valence-corrected chi connectivity index (χ4v) is 13.0. The van der Waals surface area contributed by atoms with Crippen LogP contribution in [0.4, 0.5) is 34.1 Å². The first-order chi connectivity index (χ1) is 40.9. The SMILES string of the molecule is CC(C)(C)c1ccc2c(c1)c1cc(C(C)(C)C)ccc1n2-c1ccc(-c2cc(-c3ccccc3)nc(-c3ccccc3)n2)cc1-c1ccc(-c2cc3c4c(c2)N(c2ccccc2)c2ccccc2B4c2ccccc2N3c2ccccc2)cc1. The fraction of sp³-hybridized carbons (Fsp3) is 0.103. The van der Waals surface area contributed by atoms with Gasteiger partial charge < -0.3 is 14.4 Å². The molecule has 402 valence electrons. The maximum absolute atomic E-state index is 5.37. The summed E-state index contributed by atoms with van der Waals surface area (Å²) < 4.78 is 2.50. The normalized spacial score (nSPS) is 12.8. The van der Waals surface area contributed by atoms with Gasteiger partial charge in [-0.05, 0) is 146 Å². The van der Waals surface area contributed by atoms with Crippen molar-refractivity contribution in [3.8, 4) is 61.8 Å². The van der Waals surface area contributed by atoms with Crippen molar-refractivity contribution in [1.82, 2.24) is 14.5 Å². The zero-order valence-corrected chi connectivity index (χ0v) is 48.2. The van der Waals surface area contributed by atoms with Crippen molar-refractivity contribution in [3.63, 3.8) is 0 Å². The number of para-hydroxylation sites is 4. The first kappa shape index (κ1) is 50.9. The van der Waals surface area contributed by atoms with E-state index in [2.05, 4.69) is 317 Å². The van der Waals surface area contributed by atoms with E-state index in [0.717, 1.165) is 67.4 Å². The van der Waals surface area contributed by atoms with Crippen LogP contribution in [0.1, 0.15) is 52.7 Å². The van der Waals surface area contributed by atoms with E-state index in [1.165, 1.54) is 72.1 Å². The number of rotatable bonds is 8. The molecule has 0 radical (unpaired) electrons. The number of fused-ring (bicyclic) bond motifs is 7. The van der Waals surface area contributed by atoms with Crippen LogP contribution in [0.3, 0.4) is 0 Å². The molecule has 84 heavy (non-hydrogen) atoms. The van der Waals surface area contributed by atoms with Crippen molar-refractivity contribution in [2.45, 2.75) is 52.4 Å². The maximum atomic E-state index is 5.37. The largest absolute Gasteiger partial charge is 0.311 e. The second-order valence-corrected chi connectivity index (χ2v) is 24.6. The van der Waals surface area contributed by atoms with Crippen LogP contribution in [0.2, 0.25) is 0 Å². The third kappa shape index (κ3) is 8.63. The van der Waals surface area contributed by atoms with E-state index in [1.54, 1.807) is 0 Å². The van der Waals surface area contributed by atoms with E-state index in [0.29, 0.717) is 5.82 Å². The second-order valence-electron chi connectivity index (χ2n) is 24.6. The summed E-state index contributed by atoms with van der Waals surface area (Å²) in [5.41, 5.74) is 26.1. The molecule has 4 heterocycles. The average Bonchev–Trinajstić information content (AvgIpc) is 1.34. The van der Waals surface area contributed by atoms with Crippen molar-refractivity contribution in [3.05, 3.63) is 278 Å². The maximum Gasteiger partial charge on any atom is 0.252 e. The summed E-state index contributed by atoms with van der Waals surface area (Å²) >= 11 is 0. The van der Waals surface area contributed by atoms with Gasteiger partial charge in [-0.15, -0.1) is 0 Å². The molecule has 15 rings (SSSR count). The summed E-state index contributed by atoms with van der Waals surface area (Å²) in [6.07, 6.45) is 0. The van der Waals surface area contributed by atoms with Crippen LogP contribution in [0.5, 0.6) is 0 Å². The fourth-order valence-electron chi connectivity index (χ4n) is 13.0. The van der Waals surface area contributed by atoms with Gasteiger partial charge in [-0.2, -0.15) is 0 Å².